The van der Waals surface area contributed by atoms with Crippen LogP contribution in [0.2, 0.25) is 0 Å². The number of hydrogen-bond donors (Lipinski definition) is 2. The van der Waals surface area contributed by atoms with Crippen molar-refractivity contribution in [2.45, 2.75) is 13.5 Å². The van der Waals surface area contributed by atoms with Crippen LogP contribution in [-0.4, -0.2) is 30.9 Å². The van der Waals surface area contributed by atoms with E-state index in [0.717, 1.165) is 11.4 Å². The van der Waals surface area contributed by atoms with E-state index in [1.807, 2.05) is 31.1 Å². The third-order valence-electron chi connectivity index (χ3n) is 3.20. The molecule has 6 nitrogen and oxygen atoms in total. The monoisotopic (exact) mass is 312 g/mol. The highest BCUT2D eigenvalue weighted by Gasteiger charge is 2.09. The van der Waals surface area contributed by atoms with Crippen LogP contribution in [0.1, 0.15) is 22.8 Å². The van der Waals surface area contributed by atoms with Gasteiger partial charge >= 0.3 is 0 Å². The van der Waals surface area contributed by atoms with E-state index in [1.165, 1.54) is 6.92 Å². The van der Waals surface area contributed by atoms with E-state index in [0.29, 0.717) is 17.8 Å². The predicted octanol–water partition coefficient (Wildman–Crippen LogP) is 2.04. The SMILES string of the molecule is CC(=O)Nc1ccc(C(=O)NCc2cccnc2N(C)C)cc1. The van der Waals surface area contributed by atoms with Gasteiger partial charge in [0.15, 0.2) is 0 Å². The second kappa shape index (κ2) is 7.40. The molecule has 0 atom stereocenters. The molecule has 0 bridgehead atoms. The minimum Gasteiger partial charge on any atom is -0.362 e. The number of nitrogens with one attached hydrogen (secondary N) is 2. The van der Waals surface area contributed by atoms with Crippen LogP contribution in [-0.2, 0) is 11.3 Å². The lowest BCUT2D eigenvalue weighted by molar-refractivity contribution is -0.114. The van der Waals surface area contributed by atoms with Gasteiger partial charge in [0.1, 0.15) is 5.82 Å². The molecule has 0 aliphatic heterocycles. The fourth-order valence-corrected chi connectivity index (χ4v) is 2.16. The third-order valence-corrected chi connectivity index (χ3v) is 3.20. The van der Waals surface area contributed by atoms with Crippen molar-refractivity contribution in [3.63, 3.8) is 0 Å². The molecule has 0 radical (unpaired) electrons. The fraction of sp³-hybridized carbons (Fsp3) is 0.235. The molecular weight excluding hydrogens is 292 g/mol. The summed E-state index contributed by atoms with van der Waals surface area (Å²) in [5.74, 6) is 0.511. The molecule has 2 amide bonds. The molecule has 0 aliphatic rings. The first-order chi connectivity index (χ1) is 11.0. The fourth-order valence-electron chi connectivity index (χ4n) is 2.16. The van der Waals surface area contributed by atoms with Crippen molar-refractivity contribution in [1.29, 1.82) is 0 Å². The third kappa shape index (κ3) is 4.54. The topological polar surface area (TPSA) is 74.3 Å². The van der Waals surface area contributed by atoms with Crippen LogP contribution in [0, 0.1) is 0 Å². The summed E-state index contributed by atoms with van der Waals surface area (Å²) in [7, 11) is 3.82. The van der Waals surface area contributed by atoms with Gasteiger partial charge in [0.05, 0.1) is 0 Å². The number of carbonyl (C=O) groups is 2. The molecule has 2 rings (SSSR count). The average Bonchev–Trinajstić information content (AvgIpc) is 2.53. The average molecular weight is 312 g/mol. The molecular formula is C17H20N4O2. The Bertz CT molecular complexity index is 696. The van der Waals surface area contributed by atoms with Crippen molar-refractivity contribution in [2.75, 3.05) is 24.3 Å². The normalized spacial score (nSPS) is 10.0. The van der Waals surface area contributed by atoms with Gasteiger partial charge in [0.25, 0.3) is 5.91 Å². The smallest absolute Gasteiger partial charge is 0.251 e. The number of rotatable bonds is 5. The lowest BCUT2D eigenvalue weighted by atomic mass is 10.2. The lowest BCUT2D eigenvalue weighted by Crippen LogP contribution is -2.24. The van der Waals surface area contributed by atoms with Crippen molar-refractivity contribution in [3.05, 3.63) is 53.7 Å². The maximum absolute atomic E-state index is 12.2. The summed E-state index contributed by atoms with van der Waals surface area (Å²) < 4.78 is 0. The highest BCUT2D eigenvalue weighted by molar-refractivity contribution is 5.95. The number of nitrogens with zero attached hydrogens (tertiary/aromatic N) is 2. The molecule has 0 aliphatic carbocycles. The number of hydrogen-bond acceptors (Lipinski definition) is 4. The Morgan fingerprint density at radius 2 is 1.83 bits per heavy atom. The van der Waals surface area contributed by atoms with E-state index in [2.05, 4.69) is 15.6 Å². The quantitative estimate of drug-likeness (QED) is 0.886. The van der Waals surface area contributed by atoms with Gasteiger partial charge < -0.3 is 15.5 Å². The number of pyridine rings is 1. The van der Waals surface area contributed by atoms with Gasteiger partial charge in [0.2, 0.25) is 5.91 Å². The van der Waals surface area contributed by atoms with Crippen LogP contribution < -0.4 is 15.5 Å². The Kier molecular flexibility index (Phi) is 5.30. The molecule has 6 heteroatoms. The Morgan fingerprint density at radius 3 is 2.43 bits per heavy atom. The second-order valence-electron chi connectivity index (χ2n) is 5.32. The molecule has 1 heterocycles. The zero-order valence-electron chi connectivity index (χ0n) is 13.5. The van der Waals surface area contributed by atoms with Gasteiger partial charge in [-0.1, -0.05) is 6.07 Å². The second-order valence-corrected chi connectivity index (χ2v) is 5.32. The highest BCUT2D eigenvalue weighted by atomic mass is 16.2. The molecule has 0 saturated heterocycles. The van der Waals surface area contributed by atoms with Gasteiger partial charge in [-0.3, -0.25) is 9.59 Å². The molecule has 2 aromatic rings. The summed E-state index contributed by atoms with van der Waals surface area (Å²) >= 11 is 0. The summed E-state index contributed by atoms with van der Waals surface area (Å²) in [4.78, 5) is 29.4. The largest absolute Gasteiger partial charge is 0.362 e. The number of aromatic nitrogens is 1. The maximum Gasteiger partial charge on any atom is 0.251 e. The van der Waals surface area contributed by atoms with Crippen LogP contribution >= 0.6 is 0 Å². The van der Waals surface area contributed by atoms with Crippen molar-refractivity contribution >= 4 is 23.3 Å². The van der Waals surface area contributed by atoms with Crippen LogP contribution in [0.5, 0.6) is 0 Å². The molecule has 0 saturated carbocycles. The first kappa shape index (κ1) is 16.5. The maximum atomic E-state index is 12.2. The molecule has 0 spiro atoms. The molecule has 0 unspecified atom stereocenters. The van der Waals surface area contributed by atoms with E-state index in [-0.39, 0.29) is 11.8 Å². The van der Waals surface area contributed by atoms with Crippen LogP contribution in [0.15, 0.2) is 42.6 Å². The minimum atomic E-state index is -0.173. The van der Waals surface area contributed by atoms with Crippen molar-refractivity contribution in [2.24, 2.45) is 0 Å². The zero-order valence-corrected chi connectivity index (χ0v) is 13.5. The minimum absolute atomic E-state index is 0.144. The Morgan fingerprint density at radius 1 is 1.13 bits per heavy atom. The van der Waals surface area contributed by atoms with Gasteiger partial charge in [-0.15, -0.1) is 0 Å². The van der Waals surface area contributed by atoms with Gasteiger partial charge in [-0.2, -0.15) is 0 Å². The van der Waals surface area contributed by atoms with E-state index >= 15 is 0 Å². The first-order valence-electron chi connectivity index (χ1n) is 7.24. The predicted molar refractivity (Wildman–Crippen MR) is 90.5 cm³/mol. The van der Waals surface area contributed by atoms with Crippen molar-refractivity contribution in [3.8, 4) is 0 Å². The van der Waals surface area contributed by atoms with E-state index in [1.54, 1.807) is 30.5 Å². The Hall–Kier alpha value is -2.89. The van der Waals surface area contributed by atoms with Gasteiger partial charge in [0, 0.05) is 50.6 Å². The zero-order chi connectivity index (χ0) is 16.8. The van der Waals surface area contributed by atoms with Gasteiger partial charge in [-0.25, -0.2) is 4.98 Å². The highest BCUT2D eigenvalue weighted by Crippen LogP contribution is 2.14. The summed E-state index contributed by atoms with van der Waals surface area (Å²) in [6.07, 6.45) is 1.72. The molecule has 1 aromatic carbocycles. The molecule has 1 aromatic heterocycles. The van der Waals surface area contributed by atoms with Crippen LogP contribution in [0.3, 0.4) is 0 Å². The number of anilines is 2. The Balaban J connectivity index is 2.01. The summed E-state index contributed by atoms with van der Waals surface area (Å²) in [5, 5.41) is 5.54. The van der Waals surface area contributed by atoms with Crippen LogP contribution in [0.4, 0.5) is 11.5 Å². The van der Waals surface area contributed by atoms with E-state index < -0.39 is 0 Å². The molecule has 2 N–H and O–H groups in total. The summed E-state index contributed by atoms with van der Waals surface area (Å²) in [6.45, 7) is 1.84. The summed E-state index contributed by atoms with van der Waals surface area (Å²) in [5.41, 5.74) is 2.14. The number of carbonyl (C=O) groups excluding carboxylic acids is 2. The molecule has 23 heavy (non-hydrogen) atoms. The van der Waals surface area contributed by atoms with Crippen LogP contribution in [0.25, 0.3) is 0 Å². The Labute approximate surface area is 135 Å². The van der Waals surface area contributed by atoms with E-state index in [4.69, 9.17) is 0 Å². The van der Waals surface area contributed by atoms with Gasteiger partial charge in [-0.05, 0) is 30.3 Å². The number of benzene rings is 1. The molecule has 120 valence electrons. The first-order valence-corrected chi connectivity index (χ1v) is 7.24. The van der Waals surface area contributed by atoms with Crippen molar-refractivity contribution < 1.29 is 9.59 Å². The standard InChI is InChI=1S/C17H20N4O2/c1-12(22)20-15-8-6-13(7-9-15)17(23)19-11-14-5-4-10-18-16(14)21(2)3/h4-10H,11H2,1-3H3,(H,19,23)(H,20,22). The summed E-state index contributed by atoms with van der Waals surface area (Å²) in [6, 6.07) is 10.5. The van der Waals surface area contributed by atoms with E-state index in [9.17, 15) is 9.59 Å². The number of amides is 2. The van der Waals surface area contributed by atoms with Crippen molar-refractivity contribution in [1.82, 2.24) is 10.3 Å². The lowest BCUT2D eigenvalue weighted by Gasteiger charge is -2.16. The molecule has 0 fully saturated rings.